The van der Waals surface area contributed by atoms with Crippen LogP contribution in [0, 0.1) is 0 Å². The quantitative estimate of drug-likeness (QED) is 0.434. The first-order valence-electron chi connectivity index (χ1n) is 10.6. The molecule has 0 fully saturated rings. The number of benzene rings is 3. The topological polar surface area (TPSA) is 47.6 Å². The Bertz CT molecular complexity index is 1070. The zero-order valence-corrected chi connectivity index (χ0v) is 20.0. The third-order valence-electron chi connectivity index (χ3n) is 5.39. The van der Waals surface area contributed by atoms with E-state index in [1.54, 1.807) is 37.4 Å². The van der Waals surface area contributed by atoms with E-state index in [0.29, 0.717) is 22.1 Å². The summed E-state index contributed by atoms with van der Waals surface area (Å²) in [5, 5.41) is 3.61. The Morgan fingerprint density at radius 2 is 1.69 bits per heavy atom. The lowest BCUT2D eigenvalue weighted by atomic mass is 9.86. The average molecular weight is 452 g/mol. The zero-order valence-electron chi connectivity index (χ0n) is 19.2. The molecule has 1 amide bonds. The van der Waals surface area contributed by atoms with Crippen molar-refractivity contribution >= 4 is 17.5 Å². The number of halogens is 1. The summed E-state index contributed by atoms with van der Waals surface area (Å²) in [5.41, 5.74) is 3.72. The zero-order chi connectivity index (χ0) is 23.3. The smallest absolute Gasteiger partial charge is 0.251 e. The molecule has 32 heavy (non-hydrogen) atoms. The van der Waals surface area contributed by atoms with Gasteiger partial charge in [0, 0.05) is 11.1 Å². The van der Waals surface area contributed by atoms with Gasteiger partial charge in [0.05, 0.1) is 18.2 Å². The molecule has 3 aromatic carbocycles. The molecule has 0 saturated carbocycles. The van der Waals surface area contributed by atoms with Gasteiger partial charge >= 0.3 is 0 Å². The van der Waals surface area contributed by atoms with Crippen molar-refractivity contribution in [3.05, 3.63) is 94.0 Å². The van der Waals surface area contributed by atoms with Gasteiger partial charge in [-0.2, -0.15) is 0 Å². The van der Waals surface area contributed by atoms with Crippen molar-refractivity contribution in [2.45, 2.75) is 45.8 Å². The lowest BCUT2D eigenvalue weighted by Gasteiger charge is -2.21. The number of nitrogens with one attached hydrogen (secondary N) is 1. The van der Waals surface area contributed by atoms with E-state index in [2.05, 4.69) is 50.4 Å². The predicted molar refractivity (Wildman–Crippen MR) is 130 cm³/mol. The van der Waals surface area contributed by atoms with Gasteiger partial charge in [-0.3, -0.25) is 4.79 Å². The molecule has 0 aliphatic rings. The second kappa shape index (κ2) is 10.1. The van der Waals surface area contributed by atoms with Gasteiger partial charge < -0.3 is 14.8 Å². The van der Waals surface area contributed by atoms with Gasteiger partial charge in [0.2, 0.25) is 0 Å². The van der Waals surface area contributed by atoms with E-state index in [1.165, 1.54) is 5.56 Å². The number of carbonyl (C=O) groups excluding carboxylic acids is 1. The molecule has 0 bridgehead atoms. The van der Waals surface area contributed by atoms with Crippen molar-refractivity contribution in [1.82, 2.24) is 5.32 Å². The van der Waals surface area contributed by atoms with E-state index in [4.69, 9.17) is 21.1 Å². The molecule has 3 aromatic rings. The first kappa shape index (κ1) is 23.7. The first-order chi connectivity index (χ1) is 15.2. The summed E-state index contributed by atoms with van der Waals surface area (Å²) in [4.78, 5) is 12.9. The van der Waals surface area contributed by atoms with Crippen molar-refractivity contribution in [2.24, 2.45) is 0 Å². The van der Waals surface area contributed by atoms with E-state index in [0.717, 1.165) is 11.1 Å². The maximum absolute atomic E-state index is 12.9. The van der Waals surface area contributed by atoms with E-state index >= 15 is 0 Å². The van der Waals surface area contributed by atoms with Crippen LogP contribution in [0.1, 0.15) is 60.8 Å². The predicted octanol–water partition coefficient (Wildman–Crippen LogP) is 6.72. The van der Waals surface area contributed by atoms with Gasteiger partial charge in [-0.15, -0.1) is 0 Å². The molecule has 0 spiro atoms. The molecule has 0 heterocycles. The van der Waals surface area contributed by atoms with Crippen molar-refractivity contribution in [3.63, 3.8) is 0 Å². The Hall–Kier alpha value is -2.98. The lowest BCUT2D eigenvalue weighted by molar-refractivity contribution is 0.0939. The van der Waals surface area contributed by atoms with Gasteiger partial charge in [0.25, 0.3) is 5.91 Å². The molecule has 4 nitrogen and oxygen atoms in total. The number of rotatable bonds is 7. The van der Waals surface area contributed by atoms with Crippen LogP contribution in [0.2, 0.25) is 5.02 Å². The summed E-state index contributed by atoms with van der Waals surface area (Å²) in [6.45, 7) is 8.77. The minimum atomic E-state index is -0.154. The maximum Gasteiger partial charge on any atom is 0.251 e. The number of hydrogen-bond donors (Lipinski definition) is 1. The highest BCUT2D eigenvalue weighted by Crippen LogP contribution is 2.27. The van der Waals surface area contributed by atoms with Crippen molar-refractivity contribution in [3.8, 4) is 11.5 Å². The second-order valence-electron chi connectivity index (χ2n) is 8.81. The highest BCUT2D eigenvalue weighted by Gasteiger charge is 2.17. The Kier molecular flexibility index (Phi) is 7.47. The highest BCUT2D eigenvalue weighted by atomic mass is 35.5. The summed E-state index contributed by atoms with van der Waals surface area (Å²) in [7, 11) is 1.59. The van der Waals surface area contributed by atoms with Crippen LogP contribution in [-0.4, -0.2) is 13.0 Å². The van der Waals surface area contributed by atoms with Crippen LogP contribution in [0.3, 0.4) is 0 Å². The number of methoxy groups -OCH3 is 1. The molecule has 0 saturated heterocycles. The number of amides is 1. The van der Waals surface area contributed by atoms with Gasteiger partial charge in [0.15, 0.2) is 0 Å². The normalized spacial score (nSPS) is 12.2. The minimum Gasteiger partial charge on any atom is -0.496 e. The molecule has 1 N–H and O–H groups in total. The summed E-state index contributed by atoms with van der Waals surface area (Å²) in [5.74, 6) is 1.08. The highest BCUT2D eigenvalue weighted by molar-refractivity contribution is 6.32. The number of carbonyl (C=O) groups is 1. The van der Waals surface area contributed by atoms with Crippen LogP contribution in [0.25, 0.3) is 0 Å². The summed E-state index contributed by atoms with van der Waals surface area (Å²) in [6.07, 6.45) is 0. The lowest BCUT2D eigenvalue weighted by Crippen LogP contribution is -2.27. The Morgan fingerprint density at radius 1 is 1.00 bits per heavy atom. The Balaban J connectivity index is 1.72. The minimum absolute atomic E-state index is 0.0938. The van der Waals surface area contributed by atoms with Gasteiger partial charge in [0.1, 0.15) is 18.1 Å². The summed E-state index contributed by atoms with van der Waals surface area (Å²) in [6, 6.07) is 20.9. The molecule has 0 radical (unpaired) electrons. The molecular weight excluding hydrogens is 422 g/mol. The Labute approximate surface area is 195 Å². The van der Waals surface area contributed by atoms with Crippen molar-refractivity contribution in [1.29, 1.82) is 0 Å². The molecule has 0 aromatic heterocycles. The fraction of sp³-hybridized carbons (Fsp3) is 0.296. The summed E-state index contributed by atoms with van der Waals surface area (Å²) >= 11 is 6.18. The molecular formula is C27H30ClNO3. The molecule has 0 aliphatic heterocycles. The fourth-order valence-electron chi connectivity index (χ4n) is 3.39. The van der Waals surface area contributed by atoms with Gasteiger partial charge in [-0.25, -0.2) is 0 Å². The van der Waals surface area contributed by atoms with Crippen molar-refractivity contribution in [2.75, 3.05) is 7.11 Å². The number of ether oxygens (including phenoxy) is 2. The monoisotopic (exact) mass is 451 g/mol. The standard InChI is InChI=1S/C27H30ClNO3/c1-18(19-10-13-22(14-11-19)27(2,3)4)29-26(30)20-12-15-24(31-5)21(16-20)17-32-25-9-7-6-8-23(25)28/h6-16,18H,17H2,1-5H3,(H,29,30)/t18-/m1/s1. The van der Waals surface area contributed by atoms with Gasteiger partial charge in [-0.1, -0.05) is 68.8 Å². The fourth-order valence-corrected chi connectivity index (χ4v) is 3.58. The molecule has 1 atom stereocenters. The van der Waals surface area contributed by atoms with Gasteiger partial charge in [-0.05, 0) is 53.8 Å². The van der Waals surface area contributed by atoms with Crippen molar-refractivity contribution < 1.29 is 14.3 Å². The third kappa shape index (κ3) is 5.83. The van der Waals surface area contributed by atoms with E-state index in [9.17, 15) is 4.79 Å². The van der Waals surface area contributed by atoms with Crippen LogP contribution in [-0.2, 0) is 12.0 Å². The average Bonchev–Trinajstić information content (AvgIpc) is 2.77. The molecule has 0 aliphatic carbocycles. The second-order valence-corrected chi connectivity index (χ2v) is 9.22. The van der Waals surface area contributed by atoms with E-state index in [1.807, 2.05) is 19.1 Å². The van der Waals surface area contributed by atoms with Crippen LogP contribution in [0.4, 0.5) is 0 Å². The summed E-state index contributed by atoms with van der Waals surface area (Å²) < 4.78 is 11.3. The van der Waals surface area contributed by atoms with Crippen LogP contribution < -0.4 is 14.8 Å². The molecule has 168 valence electrons. The third-order valence-corrected chi connectivity index (χ3v) is 5.70. The van der Waals surface area contributed by atoms with Crippen LogP contribution in [0.15, 0.2) is 66.7 Å². The number of hydrogen-bond acceptors (Lipinski definition) is 3. The molecule has 0 unspecified atom stereocenters. The molecule has 3 rings (SSSR count). The first-order valence-corrected chi connectivity index (χ1v) is 11.0. The number of para-hydroxylation sites is 1. The largest absolute Gasteiger partial charge is 0.496 e. The Morgan fingerprint density at radius 3 is 2.31 bits per heavy atom. The SMILES string of the molecule is COc1ccc(C(=O)N[C@H](C)c2ccc(C(C)(C)C)cc2)cc1COc1ccccc1Cl. The van der Waals surface area contributed by atoms with E-state index < -0.39 is 0 Å². The van der Waals surface area contributed by atoms with Crippen LogP contribution in [0.5, 0.6) is 11.5 Å². The van der Waals surface area contributed by atoms with E-state index in [-0.39, 0.29) is 24.0 Å². The maximum atomic E-state index is 12.9. The molecule has 5 heteroatoms. The van der Waals surface area contributed by atoms with Crippen LogP contribution >= 0.6 is 11.6 Å².